The lowest BCUT2D eigenvalue weighted by Gasteiger charge is -2.29. The predicted octanol–water partition coefficient (Wildman–Crippen LogP) is 2.56. The van der Waals surface area contributed by atoms with Crippen molar-refractivity contribution in [3.63, 3.8) is 0 Å². The second-order valence-corrected chi connectivity index (χ2v) is 6.56. The fourth-order valence-electron chi connectivity index (χ4n) is 3.33. The lowest BCUT2D eigenvalue weighted by atomic mass is 9.98. The van der Waals surface area contributed by atoms with Crippen molar-refractivity contribution in [1.82, 2.24) is 10.2 Å². The summed E-state index contributed by atoms with van der Waals surface area (Å²) in [5, 5.41) is 3.12. The largest absolute Gasteiger partial charge is 0.493 e. The molecule has 144 valence electrons. The number of halogens is 1. The van der Waals surface area contributed by atoms with Crippen LogP contribution in [0.4, 0.5) is 4.39 Å². The van der Waals surface area contributed by atoms with Crippen LogP contribution in [0.1, 0.15) is 16.7 Å². The summed E-state index contributed by atoms with van der Waals surface area (Å²) in [6.45, 7) is 2.04. The van der Waals surface area contributed by atoms with Gasteiger partial charge in [0.25, 0.3) is 0 Å². The molecule has 0 bridgehead atoms. The summed E-state index contributed by atoms with van der Waals surface area (Å²) in [6, 6.07) is 10.6. The minimum atomic E-state index is -0.206. The molecule has 2 aromatic rings. The SMILES string of the molecule is COc1cc2c(cc1OC)CN(C(=O)CNCCc1ccccc1F)CC2. The number of carbonyl (C=O) groups excluding carboxylic acids is 1. The number of amides is 1. The number of methoxy groups -OCH3 is 2. The van der Waals surface area contributed by atoms with Gasteiger partial charge in [-0.1, -0.05) is 18.2 Å². The van der Waals surface area contributed by atoms with E-state index < -0.39 is 0 Å². The molecule has 0 radical (unpaired) electrons. The van der Waals surface area contributed by atoms with E-state index in [0.717, 1.165) is 12.0 Å². The number of ether oxygens (including phenoxy) is 2. The molecule has 0 atom stereocenters. The molecule has 6 heteroatoms. The first-order valence-electron chi connectivity index (χ1n) is 9.08. The first kappa shape index (κ1) is 19.2. The standard InChI is InChI=1S/C21H25FN2O3/c1-26-19-11-16-8-10-24(14-17(16)12-20(19)27-2)21(25)13-23-9-7-15-5-3-4-6-18(15)22/h3-6,11-12,23H,7-10,13-14H2,1-2H3. The molecule has 1 aliphatic rings. The van der Waals surface area contributed by atoms with Crippen LogP contribution >= 0.6 is 0 Å². The topological polar surface area (TPSA) is 50.8 Å². The molecule has 1 N–H and O–H groups in total. The highest BCUT2D eigenvalue weighted by atomic mass is 19.1. The minimum Gasteiger partial charge on any atom is -0.493 e. The molecule has 3 rings (SSSR count). The number of rotatable bonds is 7. The van der Waals surface area contributed by atoms with Gasteiger partial charge in [-0.15, -0.1) is 0 Å². The van der Waals surface area contributed by atoms with Crippen LogP contribution in [0.2, 0.25) is 0 Å². The van der Waals surface area contributed by atoms with E-state index >= 15 is 0 Å². The molecule has 2 aromatic carbocycles. The van der Waals surface area contributed by atoms with Crippen molar-refractivity contribution < 1.29 is 18.7 Å². The summed E-state index contributed by atoms with van der Waals surface area (Å²) >= 11 is 0. The van der Waals surface area contributed by atoms with Crippen molar-refractivity contribution in [3.8, 4) is 11.5 Å². The molecule has 0 aliphatic carbocycles. The predicted molar refractivity (Wildman–Crippen MR) is 102 cm³/mol. The average Bonchev–Trinajstić information content (AvgIpc) is 2.70. The first-order chi connectivity index (χ1) is 13.1. The van der Waals surface area contributed by atoms with Crippen LogP contribution in [-0.4, -0.2) is 44.7 Å². The number of benzene rings is 2. The van der Waals surface area contributed by atoms with Crippen LogP contribution in [0.3, 0.4) is 0 Å². The molecule has 0 aromatic heterocycles. The van der Waals surface area contributed by atoms with E-state index in [0.29, 0.717) is 43.1 Å². The molecule has 0 saturated heterocycles. The summed E-state index contributed by atoms with van der Waals surface area (Å²) in [7, 11) is 3.23. The Bertz CT molecular complexity index is 810. The number of nitrogens with zero attached hydrogens (tertiary/aromatic N) is 1. The molecule has 1 heterocycles. The number of carbonyl (C=O) groups is 1. The maximum absolute atomic E-state index is 13.6. The molecular weight excluding hydrogens is 347 g/mol. The van der Waals surface area contributed by atoms with E-state index in [2.05, 4.69) is 5.32 Å². The normalized spacial score (nSPS) is 13.2. The fourth-order valence-corrected chi connectivity index (χ4v) is 3.33. The molecule has 1 aliphatic heterocycles. The zero-order chi connectivity index (χ0) is 19.2. The maximum atomic E-state index is 13.6. The van der Waals surface area contributed by atoms with Crippen molar-refractivity contribution in [1.29, 1.82) is 0 Å². The second-order valence-electron chi connectivity index (χ2n) is 6.56. The molecule has 27 heavy (non-hydrogen) atoms. The lowest BCUT2D eigenvalue weighted by molar-refractivity contribution is -0.131. The lowest BCUT2D eigenvalue weighted by Crippen LogP contribution is -2.41. The number of nitrogens with one attached hydrogen (secondary N) is 1. The van der Waals surface area contributed by atoms with Crippen LogP contribution in [0.25, 0.3) is 0 Å². The van der Waals surface area contributed by atoms with Gasteiger partial charge in [-0.05, 0) is 54.3 Å². The Morgan fingerprint density at radius 1 is 1.15 bits per heavy atom. The number of hydrogen-bond donors (Lipinski definition) is 1. The van der Waals surface area contributed by atoms with Crippen molar-refractivity contribution in [2.24, 2.45) is 0 Å². The van der Waals surface area contributed by atoms with Gasteiger partial charge in [0.15, 0.2) is 11.5 Å². The van der Waals surface area contributed by atoms with E-state index in [9.17, 15) is 9.18 Å². The van der Waals surface area contributed by atoms with Gasteiger partial charge in [0.05, 0.1) is 20.8 Å². The van der Waals surface area contributed by atoms with Crippen LogP contribution in [0.15, 0.2) is 36.4 Å². The molecule has 0 spiro atoms. The Kier molecular flexibility index (Phi) is 6.29. The summed E-state index contributed by atoms with van der Waals surface area (Å²) in [4.78, 5) is 14.3. The monoisotopic (exact) mass is 372 g/mol. The van der Waals surface area contributed by atoms with E-state index in [4.69, 9.17) is 9.47 Å². The summed E-state index contributed by atoms with van der Waals surface area (Å²) < 4.78 is 24.3. The van der Waals surface area contributed by atoms with Gasteiger partial charge in [0.1, 0.15) is 5.82 Å². The van der Waals surface area contributed by atoms with E-state index in [-0.39, 0.29) is 18.3 Å². The highest BCUT2D eigenvalue weighted by Gasteiger charge is 2.22. The van der Waals surface area contributed by atoms with Crippen molar-refractivity contribution >= 4 is 5.91 Å². The maximum Gasteiger partial charge on any atom is 0.236 e. The Labute approximate surface area is 159 Å². The third-order valence-electron chi connectivity index (χ3n) is 4.88. The quantitative estimate of drug-likeness (QED) is 0.759. The third-order valence-corrected chi connectivity index (χ3v) is 4.88. The smallest absolute Gasteiger partial charge is 0.236 e. The van der Waals surface area contributed by atoms with Crippen molar-refractivity contribution in [2.45, 2.75) is 19.4 Å². The van der Waals surface area contributed by atoms with Gasteiger partial charge in [0.2, 0.25) is 5.91 Å². The van der Waals surface area contributed by atoms with Gasteiger partial charge in [-0.2, -0.15) is 0 Å². The Morgan fingerprint density at radius 3 is 2.56 bits per heavy atom. The van der Waals surface area contributed by atoms with Crippen LogP contribution < -0.4 is 14.8 Å². The molecular formula is C21H25FN2O3. The fraction of sp³-hybridized carbons (Fsp3) is 0.381. The van der Waals surface area contributed by atoms with Gasteiger partial charge < -0.3 is 19.7 Å². The van der Waals surface area contributed by atoms with Gasteiger partial charge >= 0.3 is 0 Å². The van der Waals surface area contributed by atoms with Crippen molar-refractivity contribution in [3.05, 3.63) is 58.9 Å². The summed E-state index contributed by atoms with van der Waals surface area (Å²) in [5.74, 6) is 1.23. The van der Waals surface area contributed by atoms with Crippen LogP contribution in [0, 0.1) is 5.82 Å². The minimum absolute atomic E-state index is 0.0453. The molecule has 1 amide bonds. The van der Waals surface area contributed by atoms with Gasteiger partial charge in [0, 0.05) is 13.1 Å². The highest BCUT2D eigenvalue weighted by Crippen LogP contribution is 2.33. The van der Waals surface area contributed by atoms with E-state index in [1.165, 1.54) is 11.6 Å². The van der Waals surface area contributed by atoms with E-state index in [1.54, 1.807) is 26.4 Å². The molecule has 0 unspecified atom stereocenters. The van der Waals surface area contributed by atoms with E-state index in [1.807, 2.05) is 23.1 Å². The van der Waals surface area contributed by atoms with Crippen LogP contribution in [-0.2, 0) is 24.2 Å². The Balaban J connectivity index is 1.52. The third kappa shape index (κ3) is 4.57. The Morgan fingerprint density at radius 2 is 1.85 bits per heavy atom. The summed E-state index contributed by atoms with van der Waals surface area (Å²) in [6.07, 6.45) is 1.34. The van der Waals surface area contributed by atoms with Gasteiger partial charge in [-0.25, -0.2) is 4.39 Å². The summed E-state index contributed by atoms with van der Waals surface area (Å²) in [5.41, 5.74) is 2.92. The number of hydrogen-bond acceptors (Lipinski definition) is 4. The molecule has 0 saturated carbocycles. The second kappa shape index (κ2) is 8.86. The molecule has 5 nitrogen and oxygen atoms in total. The van der Waals surface area contributed by atoms with Crippen LogP contribution in [0.5, 0.6) is 11.5 Å². The number of fused-ring (bicyclic) bond motifs is 1. The zero-order valence-electron chi connectivity index (χ0n) is 15.8. The molecule has 0 fully saturated rings. The zero-order valence-corrected chi connectivity index (χ0v) is 15.8. The highest BCUT2D eigenvalue weighted by molar-refractivity contribution is 5.78. The van der Waals surface area contributed by atoms with Crippen molar-refractivity contribution in [2.75, 3.05) is 33.9 Å². The van der Waals surface area contributed by atoms with Gasteiger partial charge in [-0.3, -0.25) is 4.79 Å². The average molecular weight is 372 g/mol. The Hall–Kier alpha value is -2.60. The first-order valence-corrected chi connectivity index (χ1v) is 9.08.